The Balaban J connectivity index is 0.000000241. The van der Waals surface area contributed by atoms with Crippen LogP contribution in [0.25, 0.3) is 21.5 Å². The summed E-state index contributed by atoms with van der Waals surface area (Å²) in [6, 6.07) is 35.5. The molecule has 8 rings (SSSR count). The van der Waals surface area contributed by atoms with E-state index in [1.165, 1.54) is 44.2 Å². The van der Waals surface area contributed by atoms with E-state index in [1.807, 2.05) is 13.8 Å². The minimum atomic E-state index is -4.54. The molecule has 1 amide bonds. The molecule has 4 N–H and O–H groups in total. The van der Waals surface area contributed by atoms with Crippen molar-refractivity contribution < 1.29 is 55.5 Å². The molecule has 0 aliphatic carbocycles. The van der Waals surface area contributed by atoms with Crippen molar-refractivity contribution in [2.24, 2.45) is 25.4 Å². The first kappa shape index (κ1) is 57.9. The number of nitrogens with zero attached hydrogens (tertiary/aromatic N) is 5. The topological polar surface area (TPSA) is 284 Å². The Hall–Kier alpha value is -6.41. The van der Waals surface area contributed by atoms with Gasteiger partial charge < -0.3 is 30.1 Å². The second-order valence-corrected chi connectivity index (χ2v) is 19.5. The average Bonchev–Trinajstić information content (AvgIpc) is 3.32. The summed E-state index contributed by atoms with van der Waals surface area (Å²) >= 11 is 12.1. The number of hydrogen-bond acceptors (Lipinski definition) is 15. The maximum Gasteiger partial charge on any atom is 2.00 e. The van der Waals surface area contributed by atoms with Crippen LogP contribution in [0.5, 0.6) is 23.0 Å². The number of carbonyl (C=O) groups is 1. The van der Waals surface area contributed by atoms with E-state index in [-0.39, 0.29) is 104 Å². The van der Waals surface area contributed by atoms with Crippen LogP contribution in [-0.2, 0) is 20.2 Å². The van der Waals surface area contributed by atoms with Gasteiger partial charge in [0, 0.05) is 28.6 Å². The van der Waals surface area contributed by atoms with Gasteiger partial charge in [-0.15, -0.1) is 5.11 Å². The van der Waals surface area contributed by atoms with Crippen molar-refractivity contribution in [2.75, 3.05) is 18.5 Å². The number of ether oxygens (including phenoxy) is 2. The average molecular weight is 1220 g/mol. The number of hydrogen-bond donors (Lipinski definition) is 4. The molecule has 75 heavy (non-hydrogen) atoms. The third-order valence-electron chi connectivity index (χ3n) is 10.7. The predicted molar refractivity (Wildman–Crippen MR) is 284 cm³/mol. The maximum absolute atomic E-state index is 13.3. The van der Waals surface area contributed by atoms with Crippen LogP contribution >= 0.6 is 23.2 Å². The van der Waals surface area contributed by atoms with Crippen molar-refractivity contribution in [3.8, 4) is 23.0 Å². The van der Waals surface area contributed by atoms with Gasteiger partial charge in [0.25, 0.3) is 26.1 Å². The first-order chi connectivity index (χ1) is 35.2. The molecule has 0 atom stereocenters. The number of phenolic OH excluding ortho intramolecular Hbond substituents is 1. The molecule has 0 saturated heterocycles. The summed E-state index contributed by atoms with van der Waals surface area (Å²) in [5, 5.41) is 58.3. The van der Waals surface area contributed by atoms with Crippen molar-refractivity contribution in [1.82, 2.24) is 0 Å². The van der Waals surface area contributed by atoms with Crippen LogP contribution < -0.4 is 25.0 Å². The van der Waals surface area contributed by atoms with Gasteiger partial charge in [-0.1, -0.05) is 89.6 Å². The third-order valence-corrected chi connectivity index (χ3v) is 13.6. The van der Waals surface area contributed by atoms with E-state index in [0.717, 1.165) is 0 Å². The van der Waals surface area contributed by atoms with Gasteiger partial charge in [-0.2, -0.15) is 32.2 Å². The van der Waals surface area contributed by atoms with Gasteiger partial charge in [-0.05, 0) is 122 Å². The van der Waals surface area contributed by atoms with E-state index >= 15 is 0 Å². The molecule has 0 aliphatic heterocycles. The molecule has 0 heterocycles. The standard InChI is InChI=1S/2C26H22ClN3O6S.Ba/c2*1-3-36-19-9-6-8-17(13-19)28-26(32)21-12-16-7-4-5-10-20(16)23(24(21)31)30-29-18-11-15(2)25(22(27)14-18)37(33,34)35;/h2*4-14,31H,3H2,1-2H3,(H,28,32)(H,33,34,35);/q;;+2/p-2. The molecule has 0 bridgehead atoms. The second kappa shape index (κ2) is 25.0. The number of rotatable bonds is 14. The Kier molecular flexibility index (Phi) is 19.3. The van der Waals surface area contributed by atoms with E-state index in [2.05, 4.69) is 30.8 Å². The van der Waals surface area contributed by atoms with Crippen LogP contribution in [0.1, 0.15) is 40.9 Å². The number of azo groups is 2. The van der Waals surface area contributed by atoms with E-state index in [9.17, 15) is 46.1 Å². The van der Waals surface area contributed by atoms with Gasteiger partial charge in [0.1, 0.15) is 27.0 Å². The number of carbonyl (C=O) groups excluding carboxylic acids is 1. The molecule has 18 nitrogen and oxygen atoms in total. The van der Waals surface area contributed by atoms with Gasteiger partial charge in [-0.25, -0.2) is 0 Å². The SMILES string of the molecule is CCOc1cccc(N=C([O-])c2cc3ccccc3c(N=Nc3cc(C)c(S(=O)(=O)O)c(Cl)c3)c2[O-])c1.CCOc1cccc(NC(=O)c2cc3ccccc3c(N=Nc3cc(C)c(S(=O)(=O)O)c(Cl)c3)c2O)c1.[Ba+2]. The van der Waals surface area contributed by atoms with E-state index in [4.69, 9.17) is 32.7 Å². The van der Waals surface area contributed by atoms with Gasteiger partial charge in [-0.3, -0.25) is 18.9 Å². The van der Waals surface area contributed by atoms with Crippen LogP contribution in [0.4, 0.5) is 34.1 Å². The summed E-state index contributed by atoms with van der Waals surface area (Å²) in [7, 11) is -9.07. The molecular weight excluding hydrogens is 1170 g/mol. The monoisotopic (exact) mass is 1210 g/mol. The summed E-state index contributed by atoms with van der Waals surface area (Å²) < 4.78 is 76.0. The summed E-state index contributed by atoms with van der Waals surface area (Å²) in [6.07, 6.45) is 0. The smallest absolute Gasteiger partial charge is 0.871 e. The van der Waals surface area contributed by atoms with Crippen LogP contribution in [0.15, 0.2) is 169 Å². The van der Waals surface area contributed by atoms with Crippen LogP contribution in [-0.4, -0.2) is 105 Å². The summed E-state index contributed by atoms with van der Waals surface area (Å²) in [4.78, 5) is 16.3. The fourth-order valence-electron chi connectivity index (χ4n) is 7.58. The molecule has 8 aromatic rings. The summed E-state index contributed by atoms with van der Waals surface area (Å²) in [5.41, 5.74) is 1.19. The number of anilines is 1. The van der Waals surface area contributed by atoms with Crippen LogP contribution in [0, 0.1) is 13.8 Å². The van der Waals surface area contributed by atoms with Crippen molar-refractivity contribution in [3.05, 3.63) is 166 Å². The number of aryl methyl sites for hydroxylation is 2. The number of fused-ring (bicyclic) bond motifs is 2. The fraction of sp³-hybridized carbons (Fsp3) is 0.115. The quantitative estimate of drug-likeness (QED) is 0.0260. The number of phenols is 1. The van der Waals surface area contributed by atoms with Crippen LogP contribution in [0.3, 0.4) is 0 Å². The Labute approximate surface area is 481 Å². The maximum atomic E-state index is 13.3. The molecule has 0 saturated carbocycles. The predicted octanol–water partition coefficient (Wildman–Crippen LogP) is 11.8. The van der Waals surface area contributed by atoms with Gasteiger partial charge in [0.05, 0.1) is 51.6 Å². The normalized spacial score (nSPS) is 11.9. The first-order valence-corrected chi connectivity index (χ1v) is 25.7. The molecule has 0 fully saturated rings. The molecule has 23 heteroatoms. The fourth-order valence-corrected chi connectivity index (χ4v) is 10.2. The number of amides is 1. The zero-order valence-electron chi connectivity index (χ0n) is 40.1. The summed E-state index contributed by atoms with van der Waals surface area (Å²) in [6.45, 7) is 7.50. The molecular formula is C52H42BaCl2N6O12S2. The van der Waals surface area contributed by atoms with Gasteiger partial charge in [0.15, 0.2) is 5.75 Å². The molecule has 0 spiro atoms. The van der Waals surface area contributed by atoms with E-state index in [1.54, 1.807) is 103 Å². The number of aliphatic imine (C=N–C) groups is 1. The number of nitrogens with one attached hydrogen (secondary N) is 1. The molecule has 0 radical (unpaired) electrons. The Morgan fingerprint density at radius 2 is 1.09 bits per heavy atom. The zero-order valence-corrected chi connectivity index (χ0v) is 47.7. The van der Waals surface area contributed by atoms with Crippen LogP contribution in [0.2, 0.25) is 10.0 Å². The minimum Gasteiger partial charge on any atom is -0.871 e. The van der Waals surface area contributed by atoms with E-state index in [0.29, 0.717) is 57.6 Å². The second-order valence-electron chi connectivity index (χ2n) is 15.9. The Morgan fingerprint density at radius 1 is 0.613 bits per heavy atom. The minimum absolute atomic E-state index is 0. The van der Waals surface area contributed by atoms with Crippen molar-refractivity contribution in [2.45, 2.75) is 37.5 Å². The summed E-state index contributed by atoms with van der Waals surface area (Å²) in [5.74, 6) is -1.25. The molecule has 0 aromatic heterocycles. The first-order valence-electron chi connectivity index (χ1n) is 22.1. The molecule has 8 aromatic carbocycles. The molecule has 380 valence electrons. The van der Waals surface area contributed by atoms with Crippen molar-refractivity contribution in [3.63, 3.8) is 0 Å². The Morgan fingerprint density at radius 3 is 1.61 bits per heavy atom. The largest absolute Gasteiger partial charge is 2.00 e. The Bertz CT molecular complexity index is 3780. The number of halogens is 2. The molecule has 0 aliphatic rings. The van der Waals surface area contributed by atoms with Gasteiger partial charge in [0.2, 0.25) is 0 Å². The number of benzene rings is 8. The molecule has 0 unspecified atom stereocenters. The zero-order chi connectivity index (χ0) is 53.5. The number of aromatic hydroxyl groups is 1. The van der Waals surface area contributed by atoms with Gasteiger partial charge >= 0.3 is 48.9 Å². The third kappa shape index (κ3) is 14.1. The van der Waals surface area contributed by atoms with Crippen molar-refractivity contribution in [1.29, 1.82) is 0 Å². The van der Waals surface area contributed by atoms with E-state index < -0.39 is 53.3 Å². The van der Waals surface area contributed by atoms with Crippen molar-refractivity contribution >= 4 is 160 Å².